The van der Waals surface area contributed by atoms with Crippen LogP contribution < -0.4 is 9.57 Å². The standard InChI is InChI=1S/C12H18O2.C7H9NO2/c1-4-5-6-7-11-12(10(2)3)14-9-8-13-11;1-3-7-8(4-1)10-6-2-5-9-7/h5-7H,4,8-9H2,1-3H3;1,3-4H,2,5-6H2/b6-5-,11-7+;. The maximum atomic E-state index is 5.54. The summed E-state index contributed by atoms with van der Waals surface area (Å²) in [5.74, 6) is 2.54. The van der Waals surface area contributed by atoms with E-state index in [9.17, 15) is 0 Å². The van der Waals surface area contributed by atoms with Crippen molar-refractivity contribution in [2.75, 3.05) is 26.4 Å². The molecule has 0 radical (unpaired) electrons. The minimum Gasteiger partial charge on any atom is -0.486 e. The van der Waals surface area contributed by atoms with E-state index in [2.05, 4.69) is 13.0 Å². The molecule has 5 nitrogen and oxygen atoms in total. The van der Waals surface area contributed by atoms with Crippen molar-refractivity contribution < 1.29 is 19.0 Å². The normalized spacial score (nSPS) is 18.3. The molecule has 1 fully saturated rings. The van der Waals surface area contributed by atoms with Crippen LogP contribution in [0.1, 0.15) is 33.6 Å². The summed E-state index contributed by atoms with van der Waals surface area (Å²) in [6, 6.07) is 3.80. The predicted octanol–water partition coefficient (Wildman–Crippen LogP) is 3.88. The third-order valence-corrected chi connectivity index (χ3v) is 3.33. The molecule has 0 N–H and O–H groups in total. The first kappa shape index (κ1) is 18.0. The molecule has 1 aromatic heterocycles. The lowest BCUT2D eigenvalue weighted by Crippen LogP contribution is -2.14. The Morgan fingerprint density at radius 1 is 1.12 bits per heavy atom. The summed E-state index contributed by atoms with van der Waals surface area (Å²) < 4.78 is 18.0. The molecule has 0 amide bonds. The van der Waals surface area contributed by atoms with E-state index in [1.807, 2.05) is 44.3 Å². The van der Waals surface area contributed by atoms with Gasteiger partial charge in [-0.05, 0) is 38.0 Å². The number of rotatable bonds is 2. The van der Waals surface area contributed by atoms with Crippen LogP contribution in [0.4, 0.5) is 0 Å². The molecule has 132 valence electrons. The molecule has 0 atom stereocenters. The van der Waals surface area contributed by atoms with Crippen LogP contribution in [0.2, 0.25) is 0 Å². The summed E-state index contributed by atoms with van der Waals surface area (Å²) in [5, 5.41) is 0. The lowest BCUT2D eigenvalue weighted by Gasteiger charge is -2.21. The lowest BCUT2D eigenvalue weighted by atomic mass is 10.2. The van der Waals surface area contributed by atoms with Crippen LogP contribution in [0.25, 0.3) is 0 Å². The molecule has 0 aromatic carbocycles. The highest BCUT2D eigenvalue weighted by Crippen LogP contribution is 2.21. The fourth-order valence-corrected chi connectivity index (χ4v) is 2.21. The van der Waals surface area contributed by atoms with E-state index >= 15 is 0 Å². The van der Waals surface area contributed by atoms with Gasteiger partial charge in [-0.2, -0.15) is 4.73 Å². The number of ether oxygens (including phenoxy) is 3. The Bertz CT molecular complexity index is 574. The average Bonchev–Trinajstić information content (AvgIpc) is 2.92. The number of nitrogens with zero attached hydrogens (tertiary/aromatic N) is 1. The first-order valence-electron chi connectivity index (χ1n) is 8.46. The molecule has 0 bridgehead atoms. The number of hydrogen-bond acceptors (Lipinski definition) is 4. The van der Waals surface area contributed by atoms with Crippen molar-refractivity contribution in [3.05, 3.63) is 53.6 Å². The molecule has 0 saturated carbocycles. The number of allylic oxidation sites excluding steroid dienone is 4. The van der Waals surface area contributed by atoms with Crippen LogP contribution in [0, 0.1) is 0 Å². The van der Waals surface area contributed by atoms with Crippen molar-refractivity contribution >= 4 is 0 Å². The third kappa shape index (κ3) is 5.41. The van der Waals surface area contributed by atoms with Gasteiger partial charge < -0.3 is 19.0 Å². The van der Waals surface area contributed by atoms with Crippen molar-refractivity contribution in [1.29, 1.82) is 0 Å². The van der Waals surface area contributed by atoms with Crippen LogP contribution >= 0.6 is 0 Å². The quantitative estimate of drug-likeness (QED) is 0.824. The second-order valence-corrected chi connectivity index (χ2v) is 5.60. The molecular formula is C19H27NO4. The zero-order valence-corrected chi connectivity index (χ0v) is 14.8. The largest absolute Gasteiger partial charge is 0.486 e. The molecular weight excluding hydrogens is 306 g/mol. The first-order valence-corrected chi connectivity index (χ1v) is 8.46. The van der Waals surface area contributed by atoms with Gasteiger partial charge in [-0.15, -0.1) is 0 Å². The van der Waals surface area contributed by atoms with E-state index in [4.69, 9.17) is 19.0 Å². The molecule has 5 heteroatoms. The zero-order chi connectivity index (χ0) is 17.2. The second-order valence-electron chi connectivity index (χ2n) is 5.60. The Labute approximate surface area is 144 Å². The number of fused-ring (bicyclic) bond motifs is 1. The molecule has 3 heterocycles. The van der Waals surface area contributed by atoms with Crippen LogP contribution in [0.3, 0.4) is 0 Å². The van der Waals surface area contributed by atoms with E-state index in [0.717, 1.165) is 49.0 Å². The average molecular weight is 333 g/mol. The van der Waals surface area contributed by atoms with Gasteiger partial charge in [-0.25, -0.2) is 0 Å². The molecule has 0 aliphatic carbocycles. The summed E-state index contributed by atoms with van der Waals surface area (Å²) in [6.07, 6.45) is 9.91. The zero-order valence-electron chi connectivity index (χ0n) is 14.8. The number of hydrogen-bond donors (Lipinski definition) is 0. The van der Waals surface area contributed by atoms with E-state index in [1.165, 1.54) is 0 Å². The van der Waals surface area contributed by atoms with Crippen molar-refractivity contribution in [3.63, 3.8) is 0 Å². The highest BCUT2D eigenvalue weighted by atomic mass is 16.7. The summed E-state index contributed by atoms with van der Waals surface area (Å²) in [6.45, 7) is 8.95. The summed E-state index contributed by atoms with van der Waals surface area (Å²) >= 11 is 0. The highest BCUT2D eigenvalue weighted by Gasteiger charge is 2.14. The summed E-state index contributed by atoms with van der Waals surface area (Å²) in [5.41, 5.74) is 1.15. The van der Waals surface area contributed by atoms with Gasteiger partial charge in [0.05, 0.1) is 6.61 Å². The van der Waals surface area contributed by atoms with Gasteiger partial charge in [0.15, 0.2) is 11.5 Å². The van der Waals surface area contributed by atoms with Gasteiger partial charge in [0.2, 0.25) is 5.88 Å². The smallest absolute Gasteiger partial charge is 0.227 e. The van der Waals surface area contributed by atoms with Gasteiger partial charge in [0.1, 0.15) is 19.8 Å². The number of aromatic nitrogens is 1. The fraction of sp³-hybridized carbons (Fsp3) is 0.474. The van der Waals surface area contributed by atoms with Gasteiger partial charge >= 0.3 is 0 Å². The maximum absolute atomic E-state index is 5.54. The van der Waals surface area contributed by atoms with Crippen LogP contribution in [-0.4, -0.2) is 31.2 Å². The fourth-order valence-electron chi connectivity index (χ4n) is 2.21. The Morgan fingerprint density at radius 3 is 2.75 bits per heavy atom. The first-order chi connectivity index (χ1) is 11.7. The third-order valence-electron chi connectivity index (χ3n) is 3.33. The predicted molar refractivity (Wildman–Crippen MR) is 93.8 cm³/mol. The molecule has 1 aromatic rings. The topological polar surface area (TPSA) is 41.9 Å². The molecule has 0 spiro atoms. The second kappa shape index (κ2) is 9.75. The molecule has 24 heavy (non-hydrogen) atoms. The summed E-state index contributed by atoms with van der Waals surface area (Å²) in [4.78, 5) is 5.28. The van der Waals surface area contributed by atoms with Crippen molar-refractivity contribution in [1.82, 2.24) is 4.73 Å². The minimum atomic E-state index is 0.641. The van der Waals surface area contributed by atoms with Crippen molar-refractivity contribution in [2.45, 2.75) is 33.6 Å². The highest BCUT2D eigenvalue weighted by molar-refractivity contribution is 5.28. The summed E-state index contributed by atoms with van der Waals surface area (Å²) in [7, 11) is 0. The van der Waals surface area contributed by atoms with E-state index in [1.54, 1.807) is 4.73 Å². The van der Waals surface area contributed by atoms with Gasteiger partial charge in [-0.1, -0.05) is 19.1 Å². The molecule has 1 saturated heterocycles. The minimum absolute atomic E-state index is 0.641. The Kier molecular flexibility index (Phi) is 7.33. The van der Waals surface area contributed by atoms with E-state index in [0.29, 0.717) is 13.2 Å². The van der Waals surface area contributed by atoms with Crippen LogP contribution in [-0.2, 0) is 9.47 Å². The van der Waals surface area contributed by atoms with Gasteiger partial charge in [-0.3, -0.25) is 0 Å². The van der Waals surface area contributed by atoms with Crippen LogP contribution in [0.5, 0.6) is 5.88 Å². The molecule has 2 aliphatic rings. The Hall–Kier alpha value is -2.30. The Balaban J connectivity index is 0.000000182. The lowest BCUT2D eigenvalue weighted by molar-refractivity contribution is 0.0578. The van der Waals surface area contributed by atoms with Crippen molar-refractivity contribution in [3.8, 4) is 5.88 Å². The van der Waals surface area contributed by atoms with Gasteiger partial charge in [0, 0.05) is 18.7 Å². The molecule has 2 aliphatic heterocycles. The van der Waals surface area contributed by atoms with Crippen LogP contribution in [0.15, 0.2) is 53.6 Å². The van der Waals surface area contributed by atoms with Gasteiger partial charge in [0.25, 0.3) is 0 Å². The van der Waals surface area contributed by atoms with E-state index < -0.39 is 0 Å². The van der Waals surface area contributed by atoms with E-state index in [-0.39, 0.29) is 0 Å². The van der Waals surface area contributed by atoms with Crippen molar-refractivity contribution in [2.24, 2.45) is 0 Å². The Morgan fingerprint density at radius 2 is 1.96 bits per heavy atom. The SMILES string of the molecule is CC/C=C\C=C1\OCCOC1=C(C)C.c1cc2n(c1)OCCCO2. The monoisotopic (exact) mass is 333 g/mol. The maximum Gasteiger partial charge on any atom is 0.227 e. The molecule has 0 unspecified atom stereocenters. The molecule has 3 rings (SSSR count).